The van der Waals surface area contributed by atoms with Crippen molar-refractivity contribution in [1.29, 1.82) is 0 Å². The number of hydrogen-bond acceptors (Lipinski definition) is 2. The summed E-state index contributed by atoms with van der Waals surface area (Å²) in [6, 6.07) is 0. The van der Waals surface area contributed by atoms with Gasteiger partial charge in [0.25, 0.3) is 0 Å². The highest BCUT2D eigenvalue weighted by molar-refractivity contribution is 5.75. The molecule has 2 rings (SSSR count). The average molecular weight is 154 g/mol. The molecule has 0 spiro atoms. The molecule has 1 aliphatic carbocycles. The Morgan fingerprint density at radius 1 is 1.73 bits per heavy atom. The SMILES string of the molecule is O=Cc1n[nH]c2c1C(F)CC2. The maximum absolute atomic E-state index is 13.0. The van der Waals surface area contributed by atoms with Crippen molar-refractivity contribution in [2.45, 2.75) is 19.0 Å². The first kappa shape index (κ1) is 6.52. The molecule has 1 aromatic rings. The van der Waals surface area contributed by atoms with E-state index in [0.29, 0.717) is 24.7 Å². The molecule has 1 aliphatic rings. The van der Waals surface area contributed by atoms with Crippen LogP contribution in [0.4, 0.5) is 4.39 Å². The number of nitrogens with one attached hydrogen (secondary N) is 1. The molecule has 0 saturated carbocycles. The standard InChI is InChI=1S/C7H7FN2O/c8-4-1-2-5-7(4)6(3-11)10-9-5/h3-4H,1-2H2,(H,9,10). The summed E-state index contributed by atoms with van der Waals surface area (Å²) < 4.78 is 13.0. The Hall–Kier alpha value is -1.19. The van der Waals surface area contributed by atoms with Gasteiger partial charge in [0, 0.05) is 11.3 Å². The monoisotopic (exact) mass is 154 g/mol. The first-order chi connectivity index (χ1) is 5.33. The van der Waals surface area contributed by atoms with Gasteiger partial charge in [-0.3, -0.25) is 9.89 Å². The molecule has 4 heteroatoms. The summed E-state index contributed by atoms with van der Waals surface area (Å²) in [4.78, 5) is 10.3. The maximum atomic E-state index is 13.0. The molecule has 1 atom stereocenters. The Labute approximate surface area is 62.6 Å². The molecule has 1 aromatic heterocycles. The van der Waals surface area contributed by atoms with Crippen LogP contribution in [0.2, 0.25) is 0 Å². The Morgan fingerprint density at radius 2 is 2.55 bits per heavy atom. The fourth-order valence-corrected chi connectivity index (χ4v) is 1.45. The van der Waals surface area contributed by atoms with Crippen LogP contribution in [0.5, 0.6) is 0 Å². The van der Waals surface area contributed by atoms with Crippen LogP contribution in [0.3, 0.4) is 0 Å². The molecule has 58 valence electrons. The number of fused-ring (bicyclic) bond motifs is 1. The second-order valence-electron chi connectivity index (χ2n) is 2.63. The number of aldehydes is 1. The van der Waals surface area contributed by atoms with E-state index < -0.39 is 6.17 Å². The second kappa shape index (κ2) is 2.15. The summed E-state index contributed by atoms with van der Waals surface area (Å²) in [5, 5.41) is 6.32. The van der Waals surface area contributed by atoms with Gasteiger partial charge in [0.2, 0.25) is 0 Å². The maximum Gasteiger partial charge on any atom is 0.170 e. The van der Waals surface area contributed by atoms with Crippen molar-refractivity contribution in [3.63, 3.8) is 0 Å². The first-order valence-electron chi connectivity index (χ1n) is 3.49. The summed E-state index contributed by atoms with van der Waals surface area (Å²) >= 11 is 0. The van der Waals surface area contributed by atoms with E-state index in [1.54, 1.807) is 0 Å². The van der Waals surface area contributed by atoms with E-state index in [9.17, 15) is 9.18 Å². The highest BCUT2D eigenvalue weighted by atomic mass is 19.1. The number of carbonyl (C=O) groups excluding carboxylic acids is 1. The Bertz CT molecular complexity index is 295. The topological polar surface area (TPSA) is 45.8 Å². The molecule has 0 radical (unpaired) electrons. The number of H-pyrrole nitrogens is 1. The molecule has 0 saturated heterocycles. The van der Waals surface area contributed by atoms with Crippen molar-refractivity contribution >= 4 is 6.29 Å². The van der Waals surface area contributed by atoms with E-state index in [1.165, 1.54) is 0 Å². The van der Waals surface area contributed by atoms with Crippen molar-refractivity contribution in [1.82, 2.24) is 10.2 Å². The fourth-order valence-electron chi connectivity index (χ4n) is 1.45. The summed E-state index contributed by atoms with van der Waals surface area (Å²) in [5.41, 5.74) is 1.48. The Morgan fingerprint density at radius 3 is 3.27 bits per heavy atom. The van der Waals surface area contributed by atoms with E-state index >= 15 is 0 Å². The lowest BCUT2D eigenvalue weighted by Crippen LogP contribution is -1.89. The van der Waals surface area contributed by atoms with Crippen LogP contribution in [0.25, 0.3) is 0 Å². The van der Waals surface area contributed by atoms with Crippen LogP contribution >= 0.6 is 0 Å². The largest absolute Gasteiger partial charge is 0.296 e. The molecule has 11 heavy (non-hydrogen) atoms. The lowest BCUT2D eigenvalue weighted by Gasteiger charge is -1.94. The van der Waals surface area contributed by atoms with E-state index in [0.717, 1.165) is 5.69 Å². The lowest BCUT2D eigenvalue weighted by atomic mass is 10.2. The number of hydrogen-bond donors (Lipinski definition) is 1. The molecular weight excluding hydrogens is 147 g/mol. The fraction of sp³-hybridized carbons (Fsp3) is 0.429. The van der Waals surface area contributed by atoms with Crippen molar-refractivity contribution in [3.8, 4) is 0 Å². The van der Waals surface area contributed by atoms with Crippen molar-refractivity contribution in [2.75, 3.05) is 0 Å². The summed E-state index contributed by atoms with van der Waals surface area (Å²) in [6.45, 7) is 0. The van der Waals surface area contributed by atoms with Gasteiger partial charge in [-0.1, -0.05) is 0 Å². The van der Waals surface area contributed by atoms with Gasteiger partial charge in [-0.25, -0.2) is 4.39 Å². The van der Waals surface area contributed by atoms with Gasteiger partial charge in [0.05, 0.1) is 0 Å². The van der Waals surface area contributed by atoms with E-state index in [4.69, 9.17) is 0 Å². The predicted molar refractivity (Wildman–Crippen MR) is 36.1 cm³/mol. The lowest BCUT2D eigenvalue weighted by molar-refractivity contribution is 0.111. The van der Waals surface area contributed by atoms with Gasteiger partial charge in [-0.15, -0.1) is 0 Å². The van der Waals surface area contributed by atoms with Gasteiger partial charge in [-0.2, -0.15) is 5.10 Å². The highest BCUT2D eigenvalue weighted by Gasteiger charge is 2.27. The Balaban J connectivity index is 2.54. The van der Waals surface area contributed by atoms with E-state index in [2.05, 4.69) is 10.2 Å². The molecule has 0 aromatic carbocycles. The molecular formula is C7H7FN2O. The normalized spacial score (nSPS) is 21.7. The minimum Gasteiger partial charge on any atom is -0.296 e. The van der Waals surface area contributed by atoms with Gasteiger partial charge in [0.15, 0.2) is 6.29 Å². The quantitative estimate of drug-likeness (QED) is 0.617. The first-order valence-corrected chi connectivity index (χ1v) is 3.49. The molecule has 1 N–H and O–H groups in total. The summed E-state index contributed by atoms with van der Waals surface area (Å²) in [5.74, 6) is 0. The predicted octanol–water partition coefficient (Wildman–Crippen LogP) is 1.18. The van der Waals surface area contributed by atoms with Crippen LogP contribution in [0, 0.1) is 0 Å². The zero-order chi connectivity index (χ0) is 7.84. The van der Waals surface area contributed by atoms with Crippen LogP contribution in [0.15, 0.2) is 0 Å². The molecule has 0 fully saturated rings. The van der Waals surface area contributed by atoms with Crippen LogP contribution < -0.4 is 0 Å². The second-order valence-corrected chi connectivity index (χ2v) is 2.63. The highest BCUT2D eigenvalue weighted by Crippen LogP contribution is 2.34. The molecule has 1 heterocycles. The molecule has 3 nitrogen and oxygen atoms in total. The third-order valence-electron chi connectivity index (χ3n) is 1.99. The minimum atomic E-state index is -0.996. The summed E-state index contributed by atoms with van der Waals surface area (Å²) in [6.07, 6.45) is 0.735. The number of halogens is 1. The third kappa shape index (κ3) is 0.785. The molecule has 0 amide bonds. The number of nitrogens with zero attached hydrogens (tertiary/aromatic N) is 1. The van der Waals surface area contributed by atoms with Crippen LogP contribution in [-0.2, 0) is 6.42 Å². The number of aromatic amines is 1. The van der Waals surface area contributed by atoms with Crippen molar-refractivity contribution < 1.29 is 9.18 Å². The zero-order valence-electron chi connectivity index (χ0n) is 5.80. The molecule has 0 bridgehead atoms. The number of aromatic nitrogens is 2. The number of aryl methyl sites for hydroxylation is 1. The summed E-state index contributed by atoms with van der Waals surface area (Å²) in [7, 11) is 0. The van der Waals surface area contributed by atoms with Crippen molar-refractivity contribution in [3.05, 3.63) is 17.0 Å². The van der Waals surface area contributed by atoms with Crippen LogP contribution in [-0.4, -0.2) is 16.5 Å². The minimum absolute atomic E-state index is 0.227. The van der Waals surface area contributed by atoms with Crippen LogP contribution in [0.1, 0.15) is 34.3 Å². The van der Waals surface area contributed by atoms with E-state index in [1.807, 2.05) is 0 Å². The number of carbonyl (C=O) groups is 1. The third-order valence-corrected chi connectivity index (χ3v) is 1.99. The zero-order valence-corrected chi connectivity index (χ0v) is 5.80. The van der Waals surface area contributed by atoms with Gasteiger partial charge < -0.3 is 0 Å². The smallest absolute Gasteiger partial charge is 0.170 e. The van der Waals surface area contributed by atoms with Gasteiger partial charge in [-0.05, 0) is 12.8 Å². The molecule has 0 aliphatic heterocycles. The number of rotatable bonds is 1. The number of alkyl halides is 1. The van der Waals surface area contributed by atoms with Crippen molar-refractivity contribution in [2.24, 2.45) is 0 Å². The van der Waals surface area contributed by atoms with Gasteiger partial charge >= 0.3 is 0 Å². The molecule has 1 unspecified atom stereocenters. The average Bonchev–Trinajstić information content (AvgIpc) is 2.54. The Kier molecular flexibility index (Phi) is 1.27. The van der Waals surface area contributed by atoms with Gasteiger partial charge in [0.1, 0.15) is 11.9 Å². The van der Waals surface area contributed by atoms with E-state index in [-0.39, 0.29) is 5.69 Å².